The van der Waals surface area contributed by atoms with Gasteiger partial charge in [0.15, 0.2) is 0 Å². The quantitative estimate of drug-likeness (QED) is 0.432. The summed E-state index contributed by atoms with van der Waals surface area (Å²) in [4.78, 5) is 0. The van der Waals surface area contributed by atoms with Gasteiger partial charge in [-0.1, -0.05) is 50.1 Å². The van der Waals surface area contributed by atoms with E-state index in [-0.39, 0.29) is 5.92 Å². The molecule has 0 aliphatic carbocycles. The van der Waals surface area contributed by atoms with E-state index in [2.05, 4.69) is 74.0 Å². The number of unbranched alkanes of at least 4 members (excludes halogenated alkanes) is 1. The molecule has 2 nitrogen and oxygen atoms in total. The van der Waals surface area contributed by atoms with Gasteiger partial charge in [0.1, 0.15) is 5.75 Å². The number of aryl methyl sites for hydroxylation is 2. The van der Waals surface area contributed by atoms with Crippen molar-refractivity contribution < 1.29 is 4.74 Å². The Labute approximate surface area is 167 Å². The van der Waals surface area contributed by atoms with Crippen LogP contribution in [0.15, 0.2) is 54.7 Å². The highest BCUT2D eigenvalue weighted by Gasteiger charge is 2.20. The summed E-state index contributed by atoms with van der Waals surface area (Å²) in [7, 11) is 1.74. The molecular weight excluding hydrogens is 354 g/mol. The molecule has 1 unspecified atom stereocenters. The lowest BCUT2D eigenvalue weighted by Gasteiger charge is -2.22. The Bertz CT molecular complexity index is 912. The monoisotopic (exact) mass is 381 g/mol. The van der Waals surface area contributed by atoms with Gasteiger partial charge in [0.2, 0.25) is 0 Å². The van der Waals surface area contributed by atoms with Gasteiger partial charge in [-0.25, -0.2) is 0 Å². The lowest BCUT2D eigenvalue weighted by atomic mass is 9.90. The predicted molar refractivity (Wildman–Crippen MR) is 115 cm³/mol. The van der Waals surface area contributed by atoms with Crippen LogP contribution in [0.25, 0.3) is 5.69 Å². The average molecular weight is 382 g/mol. The summed E-state index contributed by atoms with van der Waals surface area (Å²) in [6, 6.07) is 16.9. The third-order valence-electron chi connectivity index (χ3n) is 5.25. The molecule has 0 spiro atoms. The summed E-state index contributed by atoms with van der Waals surface area (Å²) >= 11 is 6.40. The van der Waals surface area contributed by atoms with E-state index < -0.39 is 0 Å². The van der Waals surface area contributed by atoms with Crippen molar-refractivity contribution in [1.29, 1.82) is 0 Å². The van der Waals surface area contributed by atoms with Crippen LogP contribution in [-0.4, -0.2) is 11.7 Å². The van der Waals surface area contributed by atoms with Crippen molar-refractivity contribution >= 4 is 11.6 Å². The Morgan fingerprint density at radius 2 is 1.89 bits per heavy atom. The van der Waals surface area contributed by atoms with Crippen molar-refractivity contribution in [3.05, 3.63) is 82.1 Å². The minimum absolute atomic E-state index is 0.162. The molecule has 3 aromatic rings. The van der Waals surface area contributed by atoms with Crippen LogP contribution in [0.2, 0.25) is 5.02 Å². The van der Waals surface area contributed by atoms with Gasteiger partial charge in [0, 0.05) is 34.1 Å². The molecule has 3 heteroatoms. The van der Waals surface area contributed by atoms with Crippen LogP contribution in [0.4, 0.5) is 0 Å². The van der Waals surface area contributed by atoms with Crippen LogP contribution < -0.4 is 4.74 Å². The summed E-state index contributed by atoms with van der Waals surface area (Å²) < 4.78 is 8.02. The fraction of sp³-hybridized carbons (Fsp3) is 0.333. The van der Waals surface area contributed by atoms with E-state index in [0.717, 1.165) is 22.8 Å². The second kappa shape index (κ2) is 8.67. The van der Waals surface area contributed by atoms with Crippen LogP contribution in [0, 0.1) is 6.92 Å². The first-order chi connectivity index (χ1) is 13.1. The van der Waals surface area contributed by atoms with Gasteiger partial charge in [0.05, 0.1) is 7.11 Å². The standard InChI is InChI=1S/C24H28ClNO/c1-5-6-10-20-11-8-15-26(20)23-14-13-19(25)16-22(23)18(3)21-12-7-9-17(2)24(21)27-4/h7-9,11-16,18H,5-6,10H2,1-4H3. The fourth-order valence-electron chi connectivity index (χ4n) is 3.77. The highest BCUT2D eigenvalue weighted by atomic mass is 35.5. The predicted octanol–water partition coefficient (Wildman–Crippen LogP) is 6.94. The fourth-order valence-corrected chi connectivity index (χ4v) is 3.95. The van der Waals surface area contributed by atoms with Gasteiger partial charge in [-0.15, -0.1) is 0 Å². The second-order valence-electron chi connectivity index (χ2n) is 7.10. The van der Waals surface area contributed by atoms with E-state index in [1.54, 1.807) is 7.11 Å². The van der Waals surface area contributed by atoms with Crippen LogP contribution in [0.1, 0.15) is 55.0 Å². The van der Waals surface area contributed by atoms with E-state index in [4.69, 9.17) is 16.3 Å². The van der Waals surface area contributed by atoms with Crippen molar-refractivity contribution in [3.63, 3.8) is 0 Å². The van der Waals surface area contributed by atoms with Crippen molar-refractivity contribution in [3.8, 4) is 11.4 Å². The Balaban J connectivity index is 2.11. The topological polar surface area (TPSA) is 14.2 Å². The first-order valence-corrected chi connectivity index (χ1v) is 10.0. The summed E-state index contributed by atoms with van der Waals surface area (Å²) in [6.45, 7) is 6.54. The number of ether oxygens (including phenoxy) is 1. The number of benzene rings is 2. The number of halogens is 1. The van der Waals surface area contributed by atoms with E-state index in [1.165, 1.54) is 35.3 Å². The third kappa shape index (κ3) is 4.06. The lowest BCUT2D eigenvalue weighted by Crippen LogP contribution is -2.08. The van der Waals surface area contributed by atoms with Crippen molar-refractivity contribution in [2.45, 2.75) is 46.0 Å². The molecule has 0 fully saturated rings. The third-order valence-corrected chi connectivity index (χ3v) is 5.48. The Hall–Kier alpha value is -2.19. The van der Waals surface area contributed by atoms with E-state index in [0.29, 0.717) is 0 Å². The zero-order chi connectivity index (χ0) is 19.4. The van der Waals surface area contributed by atoms with Crippen molar-refractivity contribution in [2.75, 3.05) is 7.11 Å². The van der Waals surface area contributed by atoms with Crippen molar-refractivity contribution in [2.24, 2.45) is 0 Å². The largest absolute Gasteiger partial charge is 0.496 e. The molecule has 0 saturated carbocycles. The Morgan fingerprint density at radius 1 is 1.07 bits per heavy atom. The summed E-state index contributed by atoms with van der Waals surface area (Å²) in [5.74, 6) is 1.12. The van der Waals surface area contributed by atoms with Gasteiger partial charge in [-0.3, -0.25) is 0 Å². The van der Waals surface area contributed by atoms with Gasteiger partial charge in [-0.05, 0) is 61.2 Å². The maximum absolute atomic E-state index is 6.40. The molecule has 0 aliphatic heterocycles. The number of nitrogens with zero attached hydrogens (tertiary/aromatic N) is 1. The van der Waals surface area contributed by atoms with Crippen LogP contribution in [0.3, 0.4) is 0 Å². The molecule has 3 rings (SSSR count). The van der Waals surface area contributed by atoms with Gasteiger partial charge in [-0.2, -0.15) is 0 Å². The van der Waals surface area contributed by atoms with Crippen LogP contribution in [-0.2, 0) is 6.42 Å². The van der Waals surface area contributed by atoms with Gasteiger partial charge in [0.25, 0.3) is 0 Å². The maximum Gasteiger partial charge on any atom is 0.125 e. The van der Waals surface area contributed by atoms with E-state index in [9.17, 15) is 0 Å². The Kier molecular flexibility index (Phi) is 6.28. The normalized spacial score (nSPS) is 12.2. The molecule has 1 aromatic heterocycles. The number of methoxy groups -OCH3 is 1. The highest BCUT2D eigenvalue weighted by molar-refractivity contribution is 6.30. The summed E-state index contributed by atoms with van der Waals surface area (Å²) in [6.07, 6.45) is 5.61. The molecule has 0 bridgehead atoms. The lowest BCUT2D eigenvalue weighted by molar-refractivity contribution is 0.405. The first-order valence-electron chi connectivity index (χ1n) is 9.66. The zero-order valence-electron chi connectivity index (χ0n) is 16.6. The second-order valence-corrected chi connectivity index (χ2v) is 7.53. The van der Waals surface area contributed by atoms with E-state index >= 15 is 0 Å². The summed E-state index contributed by atoms with van der Waals surface area (Å²) in [5, 5.41) is 0.759. The molecule has 0 saturated heterocycles. The molecule has 1 atom stereocenters. The minimum Gasteiger partial charge on any atom is -0.496 e. The molecule has 27 heavy (non-hydrogen) atoms. The van der Waals surface area contributed by atoms with Gasteiger partial charge < -0.3 is 9.30 Å². The number of para-hydroxylation sites is 1. The zero-order valence-corrected chi connectivity index (χ0v) is 17.4. The molecular formula is C24H28ClNO. The average Bonchev–Trinajstić information content (AvgIpc) is 3.13. The smallest absolute Gasteiger partial charge is 0.125 e. The first kappa shape index (κ1) is 19.6. The number of hydrogen-bond donors (Lipinski definition) is 0. The highest BCUT2D eigenvalue weighted by Crippen LogP contribution is 2.37. The Morgan fingerprint density at radius 3 is 2.63 bits per heavy atom. The van der Waals surface area contributed by atoms with E-state index in [1.807, 2.05) is 6.07 Å². The molecule has 0 amide bonds. The number of aromatic nitrogens is 1. The molecule has 2 aromatic carbocycles. The molecule has 0 N–H and O–H groups in total. The summed E-state index contributed by atoms with van der Waals surface area (Å²) in [5.41, 5.74) is 6.06. The SMILES string of the molecule is CCCCc1cccn1-c1ccc(Cl)cc1C(C)c1cccc(C)c1OC. The molecule has 142 valence electrons. The van der Waals surface area contributed by atoms with Gasteiger partial charge >= 0.3 is 0 Å². The number of rotatable bonds is 7. The van der Waals surface area contributed by atoms with Crippen LogP contribution >= 0.6 is 11.6 Å². The molecule has 0 aliphatic rings. The molecule has 1 heterocycles. The minimum atomic E-state index is 0.162. The maximum atomic E-state index is 6.40. The van der Waals surface area contributed by atoms with Crippen LogP contribution in [0.5, 0.6) is 5.75 Å². The van der Waals surface area contributed by atoms with Crippen molar-refractivity contribution in [1.82, 2.24) is 4.57 Å². The molecule has 0 radical (unpaired) electrons. The number of hydrogen-bond acceptors (Lipinski definition) is 1.